The van der Waals surface area contributed by atoms with Crippen LogP contribution < -0.4 is 5.32 Å². The zero-order chi connectivity index (χ0) is 17.1. The smallest absolute Gasteiger partial charge is 0.242 e. The van der Waals surface area contributed by atoms with E-state index < -0.39 is 15.6 Å². The minimum atomic E-state index is -3.43. The lowest BCUT2D eigenvalue weighted by Gasteiger charge is -2.30. The quantitative estimate of drug-likeness (QED) is 0.803. The predicted octanol–water partition coefficient (Wildman–Crippen LogP) is 1.99. The van der Waals surface area contributed by atoms with Crippen molar-refractivity contribution in [2.75, 3.05) is 20.6 Å². The van der Waals surface area contributed by atoms with Gasteiger partial charge in [0.1, 0.15) is 0 Å². The van der Waals surface area contributed by atoms with Gasteiger partial charge in [0.2, 0.25) is 10.0 Å². The molecule has 126 valence electrons. The van der Waals surface area contributed by atoms with Crippen LogP contribution in [0.15, 0.2) is 29.2 Å². The monoisotopic (exact) mass is 328 g/mol. The highest BCUT2D eigenvalue weighted by Gasteiger charge is 2.25. The molecule has 1 rings (SSSR count). The number of aliphatic hydroxyl groups is 1. The molecule has 0 fully saturated rings. The van der Waals surface area contributed by atoms with Crippen LogP contribution in [0.3, 0.4) is 0 Å². The highest BCUT2D eigenvalue weighted by Crippen LogP contribution is 2.21. The van der Waals surface area contributed by atoms with Gasteiger partial charge >= 0.3 is 0 Å². The fourth-order valence-corrected chi connectivity index (χ4v) is 2.79. The van der Waals surface area contributed by atoms with Crippen LogP contribution in [0.5, 0.6) is 0 Å². The van der Waals surface area contributed by atoms with E-state index in [1.165, 1.54) is 18.4 Å². The predicted molar refractivity (Wildman–Crippen MR) is 89.2 cm³/mol. The molecule has 0 bridgehead atoms. The molecule has 6 heteroatoms. The third-order valence-electron chi connectivity index (χ3n) is 4.15. The standard InChI is InChI=1S/C16H28N2O3S/c1-12(2)16(4,19)11-17-13(3)14-8-7-9-15(10-14)22(20,21)18(5)6/h7-10,12-13,17,19H,11H2,1-6H3. The van der Waals surface area contributed by atoms with Crippen LogP contribution in [0.2, 0.25) is 0 Å². The lowest BCUT2D eigenvalue weighted by molar-refractivity contribution is 0.0122. The molecule has 0 aromatic heterocycles. The number of hydrogen-bond donors (Lipinski definition) is 2. The summed E-state index contributed by atoms with van der Waals surface area (Å²) in [5.74, 6) is 0.132. The first-order valence-corrected chi connectivity index (χ1v) is 8.90. The second-order valence-corrected chi connectivity index (χ2v) is 8.63. The molecule has 0 spiro atoms. The molecule has 0 aliphatic carbocycles. The molecule has 0 saturated carbocycles. The van der Waals surface area contributed by atoms with Crippen molar-refractivity contribution in [1.29, 1.82) is 0 Å². The summed E-state index contributed by atoms with van der Waals surface area (Å²) in [6.07, 6.45) is 0. The SMILES string of the molecule is CC(NCC(C)(O)C(C)C)c1cccc(S(=O)(=O)N(C)C)c1. The maximum absolute atomic E-state index is 12.2. The van der Waals surface area contributed by atoms with Gasteiger partial charge in [0.15, 0.2) is 0 Å². The van der Waals surface area contributed by atoms with E-state index in [1.54, 1.807) is 25.1 Å². The molecule has 5 nitrogen and oxygen atoms in total. The Hall–Kier alpha value is -0.950. The van der Waals surface area contributed by atoms with E-state index >= 15 is 0 Å². The van der Waals surface area contributed by atoms with Gasteiger partial charge in [-0.25, -0.2) is 12.7 Å². The first-order chi connectivity index (χ1) is 9.98. The van der Waals surface area contributed by atoms with Crippen molar-refractivity contribution in [2.24, 2.45) is 5.92 Å². The summed E-state index contributed by atoms with van der Waals surface area (Å²) in [5, 5.41) is 13.5. The molecule has 1 aromatic rings. The van der Waals surface area contributed by atoms with Crippen molar-refractivity contribution in [3.63, 3.8) is 0 Å². The summed E-state index contributed by atoms with van der Waals surface area (Å²) >= 11 is 0. The van der Waals surface area contributed by atoms with Crippen LogP contribution in [0, 0.1) is 5.92 Å². The maximum Gasteiger partial charge on any atom is 0.242 e. The summed E-state index contributed by atoms with van der Waals surface area (Å²) in [4.78, 5) is 0.277. The summed E-state index contributed by atoms with van der Waals surface area (Å²) in [5.41, 5.74) is 0.0733. The topological polar surface area (TPSA) is 69.6 Å². The van der Waals surface area contributed by atoms with E-state index in [4.69, 9.17) is 0 Å². The summed E-state index contributed by atoms with van der Waals surface area (Å²) in [6, 6.07) is 6.84. The Balaban J connectivity index is 2.90. The molecule has 0 amide bonds. The molecule has 0 saturated heterocycles. The normalized spacial score (nSPS) is 16.8. The number of rotatable bonds is 7. The first kappa shape index (κ1) is 19.1. The third kappa shape index (κ3) is 4.52. The molecule has 1 aromatic carbocycles. The Labute approximate surface area is 134 Å². The number of nitrogens with zero attached hydrogens (tertiary/aromatic N) is 1. The van der Waals surface area contributed by atoms with Crippen molar-refractivity contribution in [3.8, 4) is 0 Å². The zero-order valence-electron chi connectivity index (χ0n) is 14.3. The average Bonchev–Trinajstić information content (AvgIpc) is 2.44. The van der Waals surface area contributed by atoms with Gasteiger partial charge in [0, 0.05) is 26.7 Å². The van der Waals surface area contributed by atoms with Crippen molar-refractivity contribution >= 4 is 10.0 Å². The van der Waals surface area contributed by atoms with Gasteiger partial charge in [-0.15, -0.1) is 0 Å². The van der Waals surface area contributed by atoms with Crippen LogP contribution in [0.4, 0.5) is 0 Å². The summed E-state index contributed by atoms with van der Waals surface area (Å²) in [7, 11) is -0.399. The van der Waals surface area contributed by atoms with E-state index in [9.17, 15) is 13.5 Å². The summed E-state index contributed by atoms with van der Waals surface area (Å²) in [6.45, 7) is 8.13. The molecule has 0 aliphatic heterocycles. The van der Waals surface area contributed by atoms with Crippen molar-refractivity contribution in [3.05, 3.63) is 29.8 Å². The van der Waals surface area contributed by atoms with Gasteiger partial charge in [0.05, 0.1) is 10.5 Å². The van der Waals surface area contributed by atoms with Gasteiger partial charge in [-0.1, -0.05) is 26.0 Å². The van der Waals surface area contributed by atoms with Gasteiger partial charge in [0.25, 0.3) is 0 Å². The lowest BCUT2D eigenvalue weighted by Crippen LogP contribution is -2.43. The Morgan fingerprint density at radius 3 is 2.36 bits per heavy atom. The number of hydrogen-bond acceptors (Lipinski definition) is 4. The zero-order valence-corrected chi connectivity index (χ0v) is 15.1. The van der Waals surface area contributed by atoms with Crippen LogP contribution in [-0.2, 0) is 10.0 Å². The molecule has 2 unspecified atom stereocenters. The minimum Gasteiger partial charge on any atom is -0.389 e. The van der Waals surface area contributed by atoms with E-state index in [2.05, 4.69) is 5.32 Å². The molecule has 0 heterocycles. The maximum atomic E-state index is 12.2. The number of nitrogens with one attached hydrogen (secondary N) is 1. The fourth-order valence-electron chi connectivity index (χ4n) is 1.84. The van der Waals surface area contributed by atoms with Crippen LogP contribution >= 0.6 is 0 Å². The largest absolute Gasteiger partial charge is 0.389 e. The fraction of sp³-hybridized carbons (Fsp3) is 0.625. The Morgan fingerprint density at radius 1 is 1.27 bits per heavy atom. The number of sulfonamides is 1. The third-order valence-corrected chi connectivity index (χ3v) is 5.96. The lowest BCUT2D eigenvalue weighted by atomic mass is 9.92. The van der Waals surface area contributed by atoms with Gasteiger partial charge < -0.3 is 10.4 Å². The van der Waals surface area contributed by atoms with Gasteiger partial charge in [-0.05, 0) is 37.5 Å². The minimum absolute atomic E-state index is 0.0532. The first-order valence-electron chi connectivity index (χ1n) is 7.46. The van der Waals surface area contributed by atoms with Crippen LogP contribution in [-0.4, -0.2) is 44.1 Å². The molecule has 22 heavy (non-hydrogen) atoms. The molecule has 2 N–H and O–H groups in total. The second kappa shape index (κ2) is 7.08. The van der Waals surface area contributed by atoms with Crippen LogP contribution in [0.25, 0.3) is 0 Å². The molecular formula is C16H28N2O3S. The second-order valence-electron chi connectivity index (χ2n) is 6.47. The number of benzene rings is 1. The molecular weight excluding hydrogens is 300 g/mol. The average molecular weight is 328 g/mol. The summed E-state index contributed by atoms with van der Waals surface area (Å²) < 4.78 is 25.6. The highest BCUT2D eigenvalue weighted by molar-refractivity contribution is 7.89. The highest BCUT2D eigenvalue weighted by atomic mass is 32.2. The van der Waals surface area contributed by atoms with E-state index in [0.29, 0.717) is 6.54 Å². The van der Waals surface area contributed by atoms with Crippen molar-refractivity contribution < 1.29 is 13.5 Å². The van der Waals surface area contributed by atoms with Crippen LogP contribution in [0.1, 0.15) is 39.3 Å². The molecule has 0 radical (unpaired) electrons. The van der Waals surface area contributed by atoms with Gasteiger partial charge in [-0.3, -0.25) is 0 Å². The van der Waals surface area contributed by atoms with Crippen molar-refractivity contribution in [2.45, 2.75) is 44.2 Å². The van der Waals surface area contributed by atoms with E-state index in [1.807, 2.05) is 26.8 Å². The molecule has 0 aliphatic rings. The molecule has 2 atom stereocenters. The van der Waals surface area contributed by atoms with E-state index in [0.717, 1.165) is 5.56 Å². The Bertz CT molecular complexity index is 595. The van der Waals surface area contributed by atoms with E-state index in [-0.39, 0.29) is 16.9 Å². The Kier molecular flexibility index (Phi) is 6.15. The Morgan fingerprint density at radius 2 is 1.86 bits per heavy atom. The van der Waals surface area contributed by atoms with Gasteiger partial charge in [-0.2, -0.15) is 0 Å². The van der Waals surface area contributed by atoms with Crippen molar-refractivity contribution in [1.82, 2.24) is 9.62 Å².